The molecular weight excluding hydrogens is 230 g/mol. The number of rotatable bonds is 5. The van der Waals surface area contributed by atoms with E-state index in [1.54, 1.807) is 4.90 Å². The Kier molecular flexibility index (Phi) is 5.17. The van der Waals surface area contributed by atoms with Gasteiger partial charge in [-0.15, -0.1) is 0 Å². The van der Waals surface area contributed by atoms with Crippen molar-refractivity contribution in [3.63, 3.8) is 0 Å². The van der Waals surface area contributed by atoms with Crippen LogP contribution in [0, 0.1) is 17.8 Å². The van der Waals surface area contributed by atoms with Crippen LogP contribution in [0.1, 0.15) is 47.0 Å². The first-order valence-corrected chi connectivity index (χ1v) is 6.95. The number of hydrogen-bond acceptors (Lipinski definition) is 2. The summed E-state index contributed by atoms with van der Waals surface area (Å²) in [5.74, 6) is -1.23. The Morgan fingerprint density at radius 2 is 1.78 bits per heavy atom. The molecule has 104 valence electrons. The van der Waals surface area contributed by atoms with Crippen molar-refractivity contribution in [1.82, 2.24) is 4.90 Å². The van der Waals surface area contributed by atoms with Gasteiger partial charge in [0.1, 0.15) is 0 Å². The Bertz CT molecular complexity index is 314. The van der Waals surface area contributed by atoms with E-state index in [-0.39, 0.29) is 17.9 Å². The third kappa shape index (κ3) is 3.03. The lowest BCUT2D eigenvalue weighted by Crippen LogP contribution is -2.42. The molecule has 1 aliphatic carbocycles. The van der Waals surface area contributed by atoms with Crippen LogP contribution in [0.15, 0.2) is 0 Å². The summed E-state index contributed by atoms with van der Waals surface area (Å²) in [5, 5.41) is 9.27. The van der Waals surface area contributed by atoms with Crippen molar-refractivity contribution in [2.75, 3.05) is 6.54 Å². The van der Waals surface area contributed by atoms with Crippen LogP contribution in [0.3, 0.4) is 0 Å². The molecule has 1 saturated carbocycles. The zero-order valence-corrected chi connectivity index (χ0v) is 11.8. The van der Waals surface area contributed by atoms with E-state index >= 15 is 0 Å². The minimum Gasteiger partial charge on any atom is -0.481 e. The van der Waals surface area contributed by atoms with Gasteiger partial charge in [-0.1, -0.05) is 13.3 Å². The van der Waals surface area contributed by atoms with Crippen molar-refractivity contribution in [3.8, 4) is 0 Å². The number of carbonyl (C=O) groups excluding carboxylic acids is 1. The molecular formula is C14H25NO3. The molecule has 1 fully saturated rings. The smallest absolute Gasteiger partial charge is 0.307 e. The molecule has 1 amide bonds. The number of carboxylic acids is 1. The van der Waals surface area contributed by atoms with E-state index in [0.29, 0.717) is 18.9 Å². The first-order valence-electron chi connectivity index (χ1n) is 6.95. The van der Waals surface area contributed by atoms with Gasteiger partial charge in [0.15, 0.2) is 0 Å². The number of amides is 1. The fraction of sp³-hybridized carbons (Fsp3) is 0.857. The summed E-state index contributed by atoms with van der Waals surface area (Å²) >= 11 is 0. The maximum atomic E-state index is 12.5. The second kappa shape index (κ2) is 6.21. The van der Waals surface area contributed by atoms with Gasteiger partial charge >= 0.3 is 5.97 Å². The molecule has 1 unspecified atom stereocenters. The van der Waals surface area contributed by atoms with E-state index in [1.165, 1.54) is 0 Å². The van der Waals surface area contributed by atoms with Crippen molar-refractivity contribution >= 4 is 11.9 Å². The molecule has 4 nitrogen and oxygen atoms in total. The maximum Gasteiger partial charge on any atom is 0.307 e. The van der Waals surface area contributed by atoms with Crippen LogP contribution in [0.4, 0.5) is 0 Å². The molecule has 0 radical (unpaired) electrons. The second-order valence-corrected chi connectivity index (χ2v) is 5.51. The van der Waals surface area contributed by atoms with Gasteiger partial charge in [0.2, 0.25) is 5.91 Å². The highest BCUT2D eigenvalue weighted by Gasteiger charge is 2.43. The molecule has 1 rings (SSSR count). The van der Waals surface area contributed by atoms with Crippen LogP contribution in [0.25, 0.3) is 0 Å². The van der Waals surface area contributed by atoms with Crippen LogP contribution in [-0.2, 0) is 9.59 Å². The summed E-state index contributed by atoms with van der Waals surface area (Å²) in [5.41, 5.74) is 0. The molecule has 0 heterocycles. The van der Waals surface area contributed by atoms with E-state index in [0.717, 1.165) is 12.8 Å². The summed E-state index contributed by atoms with van der Waals surface area (Å²) in [6, 6.07) is 0.137. The molecule has 0 aromatic rings. The van der Waals surface area contributed by atoms with Crippen molar-refractivity contribution in [1.29, 1.82) is 0 Å². The topological polar surface area (TPSA) is 57.6 Å². The SMILES string of the molecule is CCC1C[C@H](C(=O)N(CC)C(C)C)[C@H](C(=O)O)C1. The number of carbonyl (C=O) groups is 2. The van der Waals surface area contributed by atoms with E-state index < -0.39 is 11.9 Å². The van der Waals surface area contributed by atoms with Crippen molar-refractivity contribution in [2.24, 2.45) is 17.8 Å². The van der Waals surface area contributed by atoms with Gasteiger partial charge in [-0.05, 0) is 39.5 Å². The average Bonchev–Trinajstić information content (AvgIpc) is 2.73. The van der Waals surface area contributed by atoms with E-state index in [1.807, 2.05) is 20.8 Å². The van der Waals surface area contributed by atoms with Crippen LogP contribution in [0.5, 0.6) is 0 Å². The Morgan fingerprint density at radius 1 is 1.22 bits per heavy atom. The van der Waals surface area contributed by atoms with E-state index in [2.05, 4.69) is 6.92 Å². The third-order valence-corrected chi connectivity index (χ3v) is 4.12. The lowest BCUT2D eigenvalue weighted by Gasteiger charge is -2.29. The molecule has 0 aromatic heterocycles. The zero-order valence-electron chi connectivity index (χ0n) is 11.8. The Hall–Kier alpha value is -1.06. The van der Waals surface area contributed by atoms with Gasteiger partial charge in [-0.25, -0.2) is 0 Å². The molecule has 0 aromatic carbocycles. The molecule has 4 heteroatoms. The minimum absolute atomic E-state index is 0.0239. The highest BCUT2D eigenvalue weighted by molar-refractivity contribution is 5.85. The van der Waals surface area contributed by atoms with Crippen LogP contribution < -0.4 is 0 Å². The molecule has 0 saturated heterocycles. The number of nitrogens with zero attached hydrogens (tertiary/aromatic N) is 1. The molecule has 0 aliphatic heterocycles. The summed E-state index contributed by atoms with van der Waals surface area (Å²) in [6.07, 6.45) is 2.34. The number of hydrogen-bond donors (Lipinski definition) is 1. The summed E-state index contributed by atoms with van der Waals surface area (Å²) in [6.45, 7) is 8.61. The molecule has 1 aliphatic rings. The second-order valence-electron chi connectivity index (χ2n) is 5.51. The van der Waals surface area contributed by atoms with Crippen molar-refractivity contribution in [2.45, 2.75) is 53.0 Å². The number of carboxylic acid groups (broad SMARTS) is 1. The van der Waals surface area contributed by atoms with Crippen LogP contribution >= 0.6 is 0 Å². The molecule has 1 N–H and O–H groups in total. The van der Waals surface area contributed by atoms with Gasteiger partial charge in [0, 0.05) is 12.6 Å². The van der Waals surface area contributed by atoms with Gasteiger partial charge in [-0.3, -0.25) is 9.59 Å². The maximum absolute atomic E-state index is 12.5. The van der Waals surface area contributed by atoms with Crippen molar-refractivity contribution < 1.29 is 14.7 Å². The van der Waals surface area contributed by atoms with E-state index in [9.17, 15) is 14.7 Å². The quantitative estimate of drug-likeness (QED) is 0.820. The Balaban J connectivity index is 2.85. The summed E-state index contributed by atoms with van der Waals surface area (Å²) < 4.78 is 0. The molecule has 0 bridgehead atoms. The molecule has 3 atom stereocenters. The third-order valence-electron chi connectivity index (χ3n) is 4.12. The normalized spacial score (nSPS) is 27.5. The van der Waals surface area contributed by atoms with E-state index in [4.69, 9.17) is 0 Å². The predicted molar refractivity (Wildman–Crippen MR) is 70.2 cm³/mol. The lowest BCUT2D eigenvalue weighted by atomic mass is 9.94. The van der Waals surface area contributed by atoms with Gasteiger partial charge in [-0.2, -0.15) is 0 Å². The van der Waals surface area contributed by atoms with Crippen LogP contribution in [-0.4, -0.2) is 34.5 Å². The Morgan fingerprint density at radius 3 is 2.17 bits per heavy atom. The fourth-order valence-corrected chi connectivity index (χ4v) is 3.01. The minimum atomic E-state index is -0.816. The molecule has 18 heavy (non-hydrogen) atoms. The Labute approximate surface area is 109 Å². The highest BCUT2D eigenvalue weighted by atomic mass is 16.4. The highest BCUT2D eigenvalue weighted by Crippen LogP contribution is 2.39. The van der Waals surface area contributed by atoms with Crippen molar-refractivity contribution in [3.05, 3.63) is 0 Å². The zero-order chi connectivity index (χ0) is 13.9. The number of aliphatic carboxylic acids is 1. The van der Waals surface area contributed by atoms with Gasteiger partial charge in [0.05, 0.1) is 11.8 Å². The predicted octanol–water partition coefficient (Wildman–Crippen LogP) is 2.38. The average molecular weight is 255 g/mol. The van der Waals surface area contributed by atoms with Crippen LogP contribution in [0.2, 0.25) is 0 Å². The largest absolute Gasteiger partial charge is 0.481 e. The first kappa shape index (κ1) is 15.0. The van der Waals surface area contributed by atoms with Gasteiger partial charge in [0.25, 0.3) is 0 Å². The van der Waals surface area contributed by atoms with Gasteiger partial charge < -0.3 is 10.0 Å². The summed E-state index contributed by atoms with van der Waals surface area (Å²) in [4.78, 5) is 25.5. The summed E-state index contributed by atoms with van der Waals surface area (Å²) in [7, 11) is 0. The standard InChI is InChI=1S/C14H25NO3/c1-5-10-7-11(12(8-10)14(17)18)13(16)15(6-2)9(3)4/h9-12H,5-8H2,1-4H3,(H,17,18)/t10?,11-,12+/m0/s1. The fourth-order valence-electron chi connectivity index (χ4n) is 3.01. The monoisotopic (exact) mass is 255 g/mol. The lowest BCUT2D eigenvalue weighted by molar-refractivity contribution is -0.149. The first-order chi connectivity index (χ1) is 8.42. The molecule has 0 spiro atoms.